The molecule has 1 aromatic carbocycles. The largest absolute Gasteiger partial charge is 0.454 e. The van der Waals surface area contributed by atoms with Crippen LogP contribution in [-0.2, 0) is 4.74 Å². The molecular weight excluding hydrogens is 415 g/mol. The number of anilines is 2. The van der Waals surface area contributed by atoms with Crippen molar-refractivity contribution >= 4 is 17.9 Å². The Morgan fingerprint density at radius 2 is 1.81 bits per heavy atom. The van der Waals surface area contributed by atoms with Crippen molar-refractivity contribution in [1.29, 1.82) is 0 Å². The maximum atomic E-state index is 13.0. The van der Waals surface area contributed by atoms with Crippen molar-refractivity contribution in [1.82, 2.24) is 19.9 Å². The van der Waals surface area contributed by atoms with Crippen LogP contribution in [0, 0.1) is 11.7 Å². The van der Waals surface area contributed by atoms with Crippen LogP contribution in [0.25, 0.3) is 0 Å². The molecule has 3 heterocycles. The molecular formula is C22H23FN6O3. The molecule has 4 rings (SSSR count). The third-order valence-corrected chi connectivity index (χ3v) is 4.99. The minimum atomic E-state index is -0.415. The van der Waals surface area contributed by atoms with Gasteiger partial charge in [0.25, 0.3) is 0 Å². The highest BCUT2D eigenvalue weighted by molar-refractivity contribution is 5.89. The monoisotopic (exact) mass is 438 g/mol. The van der Waals surface area contributed by atoms with E-state index in [9.17, 15) is 9.18 Å². The first kappa shape index (κ1) is 21.4. The van der Waals surface area contributed by atoms with E-state index in [0.717, 1.165) is 0 Å². The van der Waals surface area contributed by atoms with E-state index in [4.69, 9.17) is 9.47 Å². The summed E-state index contributed by atoms with van der Waals surface area (Å²) in [7, 11) is 0. The molecule has 0 unspecified atom stereocenters. The average molecular weight is 438 g/mol. The molecule has 1 amide bonds. The molecule has 1 saturated heterocycles. The minimum absolute atomic E-state index is 0.0836. The van der Waals surface area contributed by atoms with Gasteiger partial charge in [0.2, 0.25) is 5.95 Å². The summed E-state index contributed by atoms with van der Waals surface area (Å²) in [5.41, 5.74) is 0. The topological polar surface area (TPSA) is 102 Å². The Kier molecular flexibility index (Phi) is 6.11. The molecule has 1 aliphatic heterocycles. The molecule has 0 bridgehead atoms. The minimum Gasteiger partial charge on any atom is -0.454 e. The van der Waals surface area contributed by atoms with Crippen LogP contribution in [0.1, 0.15) is 32.6 Å². The van der Waals surface area contributed by atoms with Gasteiger partial charge < -0.3 is 14.8 Å². The molecule has 0 radical (unpaired) electrons. The highest BCUT2D eigenvalue weighted by atomic mass is 19.1. The van der Waals surface area contributed by atoms with E-state index in [1.54, 1.807) is 17.2 Å². The van der Waals surface area contributed by atoms with Crippen molar-refractivity contribution in [3.05, 3.63) is 60.6 Å². The van der Waals surface area contributed by atoms with Gasteiger partial charge in [-0.15, -0.1) is 0 Å². The number of nitrogens with one attached hydrogen (secondary N) is 1. The number of amides is 1. The SMILES string of the molecule is CC(C)[C@H]1COC(=O)N1c1ccnc(N[C@@H](C)c2ncc(Oc3ccc(F)cc3)cn2)n1. The van der Waals surface area contributed by atoms with Crippen molar-refractivity contribution in [2.45, 2.75) is 32.9 Å². The first-order chi connectivity index (χ1) is 15.4. The molecule has 2 aromatic heterocycles. The number of benzene rings is 1. The van der Waals surface area contributed by atoms with Crippen molar-refractivity contribution < 1.29 is 18.7 Å². The van der Waals surface area contributed by atoms with E-state index in [1.807, 2.05) is 20.8 Å². The van der Waals surface area contributed by atoms with E-state index >= 15 is 0 Å². The fraction of sp³-hybridized carbons (Fsp3) is 0.318. The van der Waals surface area contributed by atoms with Crippen LogP contribution < -0.4 is 15.0 Å². The van der Waals surface area contributed by atoms with E-state index in [-0.39, 0.29) is 23.8 Å². The zero-order valence-electron chi connectivity index (χ0n) is 17.9. The zero-order valence-corrected chi connectivity index (χ0v) is 17.9. The molecule has 2 atom stereocenters. The van der Waals surface area contributed by atoms with Crippen LogP contribution in [0.5, 0.6) is 11.5 Å². The first-order valence-electron chi connectivity index (χ1n) is 10.2. The number of hydrogen-bond acceptors (Lipinski definition) is 8. The Hall–Kier alpha value is -3.82. The summed E-state index contributed by atoms with van der Waals surface area (Å²) in [5.74, 6) is 2.11. The molecule has 0 aliphatic carbocycles. The number of nitrogens with zero attached hydrogens (tertiary/aromatic N) is 5. The smallest absolute Gasteiger partial charge is 0.415 e. The third kappa shape index (κ3) is 4.74. The maximum Gasteiger partial charge on any atom is 0.415 e. The molecule has 1 fully saturated rings. The second-order valence-electron chi connectivity index (χ2n) is 7.70. The fourth-order valence-electron chi connectivity index (χ4n) is 3.24. The van der Waals surface area contributed by atoms with Crippen molar-refractivity contribution in [2.24, 2.45) is 5.92 Å². The standard InChI is InChI=1S/C22H23FN6O3/c1-13(2)18-12-31-22(30)29(18)19-8-9-24-21(28-19)27-14(3)20-25-10-17(11-26-20)32-16-6-4-15(23)5-7-16/h4-11,13-14,18H,12H2,1-3H3,(H,24,27,28)/t14-,18+/m0/s1. The number of hydrogen-bond donors (Lipinski definition) is 1. The van der Waals surface area contributed by atoms with Crippen LogP contribution in [0.3, 0.4) is 0 Å². The summed E-state index contributed by atoms with van der Waals surface area (Å²) in [6.45, 7) is 6.26. The third-order valence-electron chi connectivity index (χ3n) is 4.99. The Morgan fingerprint density at radius 3 is 2.50 bits per heavy atom. The van der Waals surface area contributed by atoms with Gasteiger partial charge in [-0.05, 0) is 43.2 Å². The molecule has 32 heavy (non-hydrogen) atoms. The van der Waals surface area contributed by atoms with E-state index in [1.165, 1.54) is 36.7 Å². The van der Waals surface area contributed by atoms with Crippen LogP contribution in [0.2, 0.25) is 0 Å². The van der Waals surface area contributed by atoms with Crippen LogP contribution in [0.4, 0.5) is 21.0 Å². The predicted octanol–water partition coefficient (Wildman–Crippen LogP) is 4.35. The lowest BCUT2D eigenvalue weighted by Crippen LogP contribution is -2.37. The normalized spacial score (nSPS) is 16.7. The lowest BCUT2D eigenvalue weighted by Gasteiger charge is -2.23. The number of rotatable bonds is 7. The molecule has 10 heteroatoms. The zero-order chi connectivity index (χ0) is 22.7. The van der Waals surface area contributed by atoms with Gasteiger partial charge in [0, 0.05) is 6.20 Å². The van der Waals surface area contributed by atoms with E-state index in [2.05, 4.69) is 25.3 Å². The molecule has 3 aromatic rings. The quantitative estimate of drug-likeness (QED) is 0.581. The molecule has 1 N–H and O–H groups in total. The van der Waals surface area contributed by atoms with Gasteiger partial charge >= 0.3 is 6.09 Å². The number of carbonyl (C=O) groups is 1. The average Bonchev–Trinajstić information content (AvgIpc) is 3.18. The number of ether oxygens (including phenoxy) is 2. The van der Waals surface area contributed by atoms with Gasteiger partial charge in [0.05, 0.1) is 24.5 Å². The fourth-order valence-corrected chi connectivity index (χ4v) is 3.24. The van der Waals surface area contributed by atoms with Gasteiger partial charge in [0.15, 0.2) is 11.6 Å². The van der Waals surface area contributed by atoms with Gasteiger partial charge in [-0.25, -0.2) is 24.1 Å². The Labute approximate surface area is 184 Å². The maximum absolute atomic E-state index is 13.0. The van der Waals surface area contributed by atoms with Crippen LogP contribution in [-0.4, -0.2) is 38.7 Å². The van der Waals surface area contributed by atoms with Crippen LogP contribution >= 0.6 is 0 Å². The number of halogens is 1. The van der Waals surface area contributed by atoms with Gasteiger partial charge in [0.1, 0.15) is 24.0 Å². The summed E-state index contributed by atoms with van der Waals surface area (Å²) in [5, 5.41) is 3.15. The summed E-state index contributed by atoms with van der Waals surface area (Å²) in [6.07, 6.45) is 4.24. The molecule has 9 nitrogen and oxygen atoms in total. The predicted molar refractivity (Wildman–Crippen MR) is 115 cm³/mol. The molecule has 166 valence electrons. The highest BCUT2D eigenvalue weighted by Gasteiger charge is 2.37. The first-order valence-corrected chi connectivity index (χ1v) is 10.2. The Balaban J connectivity index is 1.43. The molecule has 0 spiro atoms. The van der Waals surface area contributed by atoms with Crippen molar-refractivity contribution in [3.63, 3.8) is 0 Å². The lowest BCUT2D eigenvalue weighted by atomic mass is 10.0. The number of cyclic esters (lactones) is 1. The second kappa shape index (κ2) is 9.13. The van der Waals surface area contributed by atoms with Gasteiger partial charge in [-0.2, -0.15) is 4.98 Å². The van der Waals surface area contributed by atoms with Gasteiger partial charge in [-0.1, -0.05) is 13.8 Å². The highest BCUT2D eigenvalue weighted by Crippen LogP contribution is 2.27. The Morgan fingerprint density at radius 1 is 1.09 bits per heavy atom. The second-order valence-corrected chi connectivity index (χ2v) is 7.70. The van der Waals surface area contributed by atoms with E-state index in [0.29, 0.717) is 35.7 Å². The van der Waals surface area contributed by atoms with Crippen molar-refractivity contribution in [3.8, 4) is 11.5 Å². The summed E-state index contributed by atoms with van der Waals surface area (Å²) in [6, 6.07) is 6.97. The van der Waals surface area contributed by atoms with Crippen LogP contribution in [0.15, 0.2) is 48.9 Å². The van der Waals surface area contributed by atoms with Gasteiger partial charge in [-0.3, -0.25) is 4.90 Å². The summed E-state index contributed by atoms with van der Waals surface area (Å²) < 4.78 is 23.8. The Bertz CT molecular complexity index is 1080. The molecule has 1 aliphatic rings. The summed E-state index contributed by atoms with van der Waals surface area (Å²) in [4.78, 5) is 31.1. The summed E-state index contributed by atoms with van der Waals surface area (Å²) >= 11 is 0. The van der Waals surface area contributed by atoms with Crippen molar-refractivity contribution in [2.75, 3.05) is 16.8 Å². The van der Waals surface area contributed by atoms with E-state index < -0.39 is 6.09 Å². The number of aromatic nitrogens is 4. The molecule has 0 saturated carbocycles. The lowest BCUT2D eigenvalue weighted by molar-refractivity contribution is 0.177. The number of carbonyl (C=O) groups excluding carboxylic acids is 1.